The number of carbonyl (C=O) groups excluding carboxylic acids is 1. The quantitative estimate of drug-likeness (QED) is 0.495. The van der Waals surface area contributed by atoms with E-state index in [2.05, 4.69) is 6.58 Å². The first-order valence-corrected chi connectivity index (χ1v) is 5.57. The van der Waals surface area contributed by atoms with Crippen LogP contribution in [0.15, 0.2) is 43.0 Å². The molecule has 0 amide bonds. The molecule has 0 fully saturated rings. The Bertz CT molecular complexity index is 317. The molecule has 86 valence electrons. The first-order valence-electron chi connectivity index (χ1n) is 5.57. The van der Waals surface area contributed by atoms with E-state index in [1.54, 1.807) is 0 Å². The molecule has 0 saturated carbocycles. The summed E-state index contributed by atoms with van der Waals surface area (Å²) in [5.74, 6) is 0.165. The number of Topliss-reactive ketones (excluding diaryl/α,β-unsaturated/α-hetero) is 1. The number of ketones is 1. The number of hydrogen-bond donors (Lipinski definition) is 0. The SMILES string of the molecule is C=CCCCC(=O)COCc1ccccc1. The van der Waals surface area contributed by atoms with Gasteiger partial charge in [0.15, 0.2) is 5.78 Å². The normalized spacial score (nSPS) is 10.0. The topological polar surface area (TPSA) is 26.3 Å². The Hall–Kier alpha value is -1.41. The smallest absolute Gasteiger partial charge is 0.158 e. The summed E-state index contributed by atoms with van der Waals surface area (Å²) in [7, 11) is 0. The van der Waals surface area contributed by atoms with Crippen molar-refractivity contribution < 1.29 is 9.53 Å². The Morgan fingerprint density at radius 3 is 2.75 bits per heavy atom. The number of unbranched alkanes of at least 4 members (excludes halogenated alkanes) is 1. The van der Waals surface area contributed by atoms with Gasteiger partial charge in [-0.15, -0.1) is 6.58 Å². The Morgan fingerprint density at radius 1 is 1.31 bits per heavy atom. The number of benzene rings is 1. The molecule has 0 bridgehead atoms. The Kier molecular flexibility index (Phi) is 6.19. The van der Waals surface area contributed by atoms with Gasteiger partial charge >= 0.3 is 0 Å². The molecule has 0 saturated heterocycles. The molecule has 1 aromatic carbocycles. The van der Waals surface area contributed by atoms with Crippen LogP contribution in [0.4, 0.5) is 0 Å². The van der Waals surface area contributed by atoms with Gasteiger partial charge in [0.05, 0.1) is 6.61 Å². The summed E-state index contributed by atoms with van der Waals surface area (Å²) >= 11 is 0. The van der Waals surface area contributed by atoms with E-state index in [9.17, 15) is 4.79 Å². The Labute approximate surface area is 96.9 Å². The molecule has 0 spiro atoms. The third-order valence-corrected chi connectivity index (χ3v) is 2.24. The molecule has 0 aliphatic rings. The fourth-order valence-corrected chi connectivity index (χ4v) is 1.37. The molecule has 0 aromatic heterocycles. The van der Waals surface area contributed by atoms with Crippen LogP contribution in [0.3, 0.4) is 0 Å². The summed E-state index contributed by atoms with van der Waals surface area (Å²) in [6.07, 6.45) is 4.18. The first kappa shape index (κ1) is 12.7. The zero-order valence-corrected chi connectivity index (χ0v) is 9.52. The number of allylic oxidation sites excluding steroid dienone is 1. The lowest BCUT2D eigenvalue weighted by Gasteiger charge is -2.03. The average molecular weight is 218 g/mol. The van der Waals surface area contributed by atoms with Crippen molar-refractivity contribution >= 4 is 5.78 Å². The predicted molar refractivity (Wildman–Crippen MR) is 65.2 cm³/mol. The van der Waals surface area contributed by atoms with Crippen molar-refractivity contribution in [2.75, 3.05) is 6.61 Å². The second-order valence-corrected chi connectivity index (χ2v) is 3.70. The molecule has 2 nitrogen and oxygen atoms in total. The van der Waals surface area contributed by atoms with Crippen LogP contribution in [0.1, 0.15) is 24.8 Å². The van der Waals surface area contributed by atoms with E-state index < -0.39 is 0 Å². The standard InChI is InChI=1S/C14H18O2/c1-2-3-5-10-14(15)12-16-11-13-8-6-4-7-9-13/h2,4,6-9H,1,3,5,10-12H2. The van der Waals surface area contributed by atoms with Gasteiger partial charge in [-0.3, -0.25) is 4.79 Å². The molecule has 0 N–H and O–H groups in total. The van der Waals surface area contributed by atoms with Gasteiger partial charge < -0.3 is 4.74 Å². The van der Waals surface area contributed by atoms with Gasteiger partial charge in [0.1, 0.15) is 6.61 Å². The van der Waals surface area contributed by atoms with Gasteiger partial charge in [0.2, 0.25) is 0 Å². The van der Waals surface area contributed by atoms with Gasteiger partial charge in [-0.05, 0) is 18.4 Å². The van der Waals surface area contributed by atoms with E-state index >= 15 is 0 Å². The molecule has 0 aliphatic heterocycles. The van der Waals surface area contributed by atoms with Crippen LogP contribution < -0.4 is 0 Å². The van der Waals surface area contributed by atoms with Crippen LogP contribution in [-0.4, -0.2) is 12.4 Å². The Morgan fingerprint density at radius 2 is 2.06 bits per heavy atom. The summed E-state index contributed by atoms with van der Waals surface area (Å²) < 4.78 is 5.34. The second kappa shape index (κ2) is 7.83. The maximum Gasteiger partial charge on any atom is 0.158 e. The fraction of sp³-hybridized carbons (Fsp3) is 0.357. The van der Waals surface area contributed by atoms with Gasteiger partial charge in [0.25, 0.3) is 0 Å². The summed E-state index contributed by atoms with van der Waals surface area (Å²) in [4.78, 5) is 11.3. The third-order valence-electron chi connectivity index (χ3n) is 2.24. The molecule has 16 heavy (non-hydrogen) atoms. The highest BCUT2D eigenvalue weighted by atomic mass is 16.5. The molecule has 1 rings (SSSR count). The van der Waals surface area contributed by atoms with E-state index in [-0.39, 0.29) is 12.4 Å². The highest BCUT2D eigenvalue weighted by Crippen LogP contribution is 2.02. The lowest BCUT2D eigenvalue weighted by molar-refractivity contribution is -0.124. The summed E-state index contributed by atoms with van der Waals surface area (Å²) in [5.41, 5.74) is 1.10. The van der Waals surface area contributed by atoms with Crippen molar-refractivity contribution in [2.24, 2.45) is 0 Å². The van der Waals surface area contributed by atoms with E-state index in [0.717, 1.165) is 18.4 Å². The minimum Gasteiger partial charge on any atom is -0.369 e. The van der Waals surface area contributed by atoms with Gasteiger partial charge in [-0.1, -0.05) is 36.4 Å². The highest BCUT2D eigenvalue weighted by molar-refractivity contribution is 5.79. The fourth-order valence-electron chi connectivity index (χ4n) is 1.37. The zero-order chi connectivity index (χ0) is 11.6. The Balaban J connectivity index is 2.11. The van der Waals surface area contributed by atoms with Crippen molar-refractivity contribution in [1.29, 1.82) is 0 Å². The van der Waals surface area contributed by atoms with Crippen LogP contribution in [-0.2, 0) is 16.1 Å². The maximum absolute atomic E-state index is 11.3. The van der Waals surface area contributed by atoms with Crippen molar-refractivity contribution in [3.8, 4) is 0 Å². The molecular weight excluding hydrogens is 200 g/mol. The molecule has 0 heterocycles. The van der Waals surface area contributed by atoms with E-state index in [1.807, 2.05) is 36.4 Å². The maximum atomic E-state index is 11.3. The first-order chi connectivity index (χ1) is 7.83. The molecule has 0 aliphatic carbocycles. The van der Waals surface area contributed by atoms with Crippen LogP contribution >= 0.6 is 0 Å². The molecule has 2 heteroatoms. The van der Waals surface area contributed by atoms with Gasteiger partial charge in [0, 0.05) is 6.42 Å². The van der Waals surface area contributed by atoms with Crippen molar-refractivity contribution in [3.63, 3.8) is 0 Å². The van der Waals surface area contributed by atoms with E-state index in [4.69, 9.17) is 4.74 Å². The second-order valence-electron chi connectivity index (χ2n) is 3.70. The number of carbonyl (C=O) groups is 1. The third kappa shape index (κ3) is 5.47. The monoisotopic (exact) mass is 218 g/mol. The van der Waals surface area contributed by atoms with Crippen molar-refractivity contribution in [1.82, 2.24) is 0 Å². The van der Waals surface area contributed by atoms with Crippen LogP contribution in [0.5, 0.6) is 0 Å². The molecule has 0 unspecified atom stereocenters. The molecule has 0 radical (unpaired) electrons. The van der Waals surface area contributed by atoms with E-state index in [0.29, 0.717) is 13.0 Å². The number of ether oxygens (including phenoxy) is 1. The lowest BCUT2D eigenvalue weighted by Crippen LogP contribution is -2.08. The summed E-state index contributed by atoms with van der Waals surface area (Å²) in [5, 5.41) is 0. The van der Waals surface area contributed by atoms with Crippen molar-refractivity contribution in [2.45, 2.75) is 25.9 Å². The van der Waals surface area contributed by atoms with Crippen LogP contribution in [0, 0.1) is 0 Å². The van der Waals surface area contributed by atoms with Gasteiger partial charge in [-0.25, -0.2) is 0 Å². The largest absolute Gasteiger partial charge is 0.369 e. The molecule has 1 aromatic rings. The molecule has 0 atom stereocenters. The summed E-state index contributed by atoms with van der Waals surface area (Å²) in [6, 6.07) is 9.86. The number of hydrogen-bond acceptors (Lipinski definition) is 2. The van der Waals surface area contributed by atoms with Gasteiger partial charge in [-0.2, -0.15) is 0 Å². The highest BCUT2D eigenvalue weighted by Gasteiger charge is 2.01. The van der Waals surface area contributed by atoms with Crippen LogP contribution in [0.25, 0.3) is 0 Å². The summed E-state index contributed by atoms with van der Waals surface area (Å²) in [6.45, 7) is 4.34. The zero-order valence-electron chi connectivity index (χ0n) is 9.52. The van der Waals surface area contributed by atoms with Crippen molar-refractivity contribution in [3.05, 3.63) is 48.6 Å². The number of rotatable bonds is 8. The van der Waals surface area contributed by atoms with Crippen LogP contribution in [0.2, 0.25) is 0 Å². The average Bonchev–Trinajstić information content (AvgIpc) is 2.31. The minimum atomic E-state index is 0.165. The lowest BCUT2D eigenvalue weighted by atomic mass is 10.2. The molecular formula is C14H18O2. The van der Waals surface area contributed by atoms with E-state index in [1.165, 1.54) is 0 Å². The minimum absolute atomic E-state index is 0.165. The predicted octanol–water partition coefficient (Wildman–Crippen LogP) is 3.13.